The summed E-state index contributed by atoms with van der Waals surface area (Å²) in [5.74, 6) is -1.89. The van der Waals surface area contributed by atoms with E-state index in [0.29, 0.717) is 25.6 Å². The van der Waals surface area contributed by atoms with Gasteiger partial charge in [-0.1, -0.05) is 0 Å². The zero-order chi connectivity index (χ0) is 20.3. The SMILES string of the molecule is O=C(c1ncc(F)cc1F)N1C[C@H]2C[C@@H](n3ccnc3)[C@H](O)C[C@H]2C1.O=CO. The van der Waals surface area contributed by atoms with Crippen molar-refractivity contribution in [1.29, 1.82) is 0 Å². The quantitative estimate of drug-likeness (QED) is 0.745. The van der Waals surface area contributed by atoms with Gasteiger partial charge in [-0.2, -0.15) is 0 Å². The molecule has 1 amide bonds. The smallest absolute Gasteiger partial charge is 0.290 e. The van der Waals surface area contributed by atoms with Crippen LogP contribution < -0.4 is 0 Å². The predicted molar refractivity (Wildman–Crippen MR) is 92.2 cm³/mol. The molecule has 2 N–H and O–H groups in total. The molecule has 4 atom stereocenters. The number of hydrogen-bond donors (Lipinski definition) is 2. The summed E-state index contributed by atoms with van der Waals surface area (Å²) in [6.07, 6.45) is 6.83. The lowest BCUT2D eigenvalue weighted by Gasteiger charge is -2.35. The lowest BCUT2D eigenvalue weighted by molar-refractivity contribution is -0.122. The van der Waals surface area contributed by atoms with Gasteiger partial charge in [-0.25, -0.2) is 18.7 Å². The number of halogens is 2. The monoisotopic (exact) mass is 394 g/mol. The first-order valence-corrected chi connectivity index (χ1v) is 8.78. The van der Waals surface area contributed by atoms with E-state index in [0.717, 1.165) is 12.6 Å². The molecule has 2 aromatic heterocycles. The minimum atomic E-state index is -0.948. The summed E-state index contributed by atoms with van der Waals surface area (Å²) in [7, 11) is 0. The summed E-state index contributed by atoms with van der Waals surface area (Å²) in [6.45, 7) is 0.690. The Balaban J connectivity index is 0.000000706. The Bertz CT molecular complexity index is 833. The number of aliphatic hydroxyl groups excluding tert-OH is 1. The van der Waals surface area contributed by atoms with Crippen LogP contribution in [0.2, 0.25) is 0 Å². The van der Waals surface area contributed by atoms with Crippen molar-refractivity contribution in [3.63, 3.8) is 0 Å². The number of amides is 1. The number of aromatic nitrogens is 3. The number of aliphatic hydroxyl groups is 1. The summed E-state index contributed by atoms with van der Waals surface area (Å²) in [6, 6.07) is 0.599. The van der Waals surface area contributed by atoms with Gasteiger partial charge in [-0.15, -0.1) is 0 Å². The van der Waals surface area contributed by atoms with E-state index in [1.165, 1.54) is 0 Å². The van der Waals surface area contributed by atoms with Crippen LogP contribution in [0.15, 0.2) is 31.0 Å². The van der Waals surface area contributed by atoms with E-state index in [2.05, 4.69) is 9.97 Å². The summed E-state index contributed by atoms with van der Waals surface area (Å²) >= 11 is 0. The number of carbonyl (C=O) groups is 2. The Morgan fingerprint density at radius 3 is 2.54 bits per heavy atom. The molecule has 0 aromatic carbocycles. The van der Waals surface area contributed by atoms with Crippen molar-refractivity contribution >= 4 is 12.4 Å². The fourth-order valence-corrected chi connectivity index (χ4v) is 4.08. The van der Waals surface area contributed by atoms with E-state index < -0.39 is 23.6 Å². The van der Waals surface area contributed by atoms with Gasteiger partial charge < -0.3 is 19.7 Å². The van der Waals surface area contributed by atoms with Gasteiger partial charge in [0.05, 0.1) is 24.7 Å². The number of imidazole rings is 1. The molecule has 2 aliphatic rings. The highest BCUT2D eigenvalue weighted by Crippen LogP contribution is 2.41. The first-order valence-electron chi connectivity index (χ1n) is 8.78. The Kier molecular flexibility index (Phi) is 5.98. The lowest BCUT2D eigenvalue weighted by atomic mass is 9.77. The molecule has 2 fully saturated rings. The molecule has 4 rings (SSSR count). The minimum absolute atomic E-state index is 0.0699. The van der Waals surface area contributed by atoms with Crippen LogP contribution in [0.1, 0.15) is 29.4 Å². The van der Waals surface area contributed by atoms with E-state index in [-0.39, 0.29) is 30.0 Å². The third kappa shape index (κ3) is 4.01. The number of rotatable bonds is 2. The molecule has 10 heteroatoms. The van der Waals surface area contributed by atoms with Crippen LogP contribution in [0, 0.1) is 23.5 Å². The Hall–Kier alpha value is -2.88. The van der Waals surface area contributed by atoms with Crippen LogP contribution in [0.25, 0.3) is 0 Å². The molecule has 3 heterocycles. The normalized spacial score (nSPS) is 26.2. The topological polar surface area (TPSA) is 109 Å². The molecule has 1 saturated heterocycles. The maximum atomic E-state index is 13.8. The van der Waals surface area contributed by atoms with Crippen LogP contribution in [-0.4, -0.2) is 61.2 Å². The van der Waals surface area contributed by atoms with Crippen molar-refractivity contribution in [2.75, 3.05) is 13.1 Å². The molecule has 0 unspecified atom stereocenters. The molecular weight excluding hydrogens is 374 g/mol. The molecule has 28 heavy (non-hydrogen) atoms. The van der Waals surface area contributed by atoms with Gasteiger partial charge in [0, 0.05) is 31.5 Å². The van der Waals surface area contributed by atoms with Crippen molar-refractivity contribution in [3.8, 4) is 0 Å². The van der Waals surface area contributed by atoms with Gasteiger partial charge in [0.2, 0.25) is 0 Å². The summed E-state index contributed by atoms with van der Waals surface area (Å²) in [5.41, 5.74) is -0.355. The molecule has 0 bridgehead atoms. The Labute approximate surface area is 159 Å². The highest BCUT2D eigenvalue weighted by Gasteiger charge is 2.44. The maximum Gasteiger partial charge on any atom is 0.290 e. The molecule has 2 aromatic rings. The van der Waals surface area contributed by atoms with Crippen molar-refractivity contribution in [2.24, 2.45) is 11.8 Å². The molecule has 8 nitrogen and oxygen atoms in total. The van der Waals surface area contributed by atoms with Crippen molar-refractivity contribution in [1.82, 2.24) is 19.4 Å². The fraction of sp³-hybridized carbons (Fsp3) is 0.444. The highest BCUT2D eigenvalue weighted by atomic mass is 19.1. The molecular formula is C18H20F2N4O4. The van der Waals surface area contributed by atoms with Gasteiger partial charge >= 0.3 is 0 Å². The van der Waals surface area contributed by atoms with Gasteiger partial charge in [0.15, 0.2) is 11.5 Å². The predicted octanol–water partition coefficient (Wildman–Crippen LogP) is 1.34. The van der Waals surface area contributed by atoms with Crippen LogP contribution in [0.5, 0.6) is 0 Å². The van der Waals surface area contributed by atoms with Gasteiger partial charge in [-0.3, -0.25) is 9.59 Å². The summed E-state index contributed by atoms with van der Waals surface area (Å²) < 4.78 is 28.7. The van der Waals surface area contributed by atoms with E-state index >= 15 is 0 Å². The number of carbonyl (C=O) groups excluding carboxylic acids is 1. The molecule has 0 spiro atoms. The molecule has 0 radical (unpaired) electrons. The second-order valence-corrected chi connectivity index (χ2v) is 6.94. The standard InChI is InChI=1S/C17H18F2N4O2.CH2O2/c18-12-5-13(19)16(21-6-12)17(25)23-7-10-3-14(22-2-1-20-9-22)15(24)4-11(10)8-23;2-1-3/h1-2,5-6,9-11,14-15,24H,3-4,7-8H2;1H,(H,2,3)/t10-,11+,14-,15-;/m1./s1. The second kappa shape index (κ2) is 8.42. The molecule has 1 saturated carbocycles. The van der Waals surface area contributed by atoms with Crippen LogP contribution in [0.4, 0.5) is 8.78 Å². The van der Waals surface area contributed by atoms with Gasteiger partial charge in [0.25, 0.3) is 12.4 Å². The lowest BCUT2D eigenvalue weighted by Crippen LogP contribution is -2.35. The van der Waals surface area contributed by atoms with E-state index in [4.69, 9.17) is 9.90 Å². The molecule has 1 aliphatic heterocycles. The third-order valence-corrected chi connectivity index (χ3v) is 5.31. The average molecular weight is 394 g/mol. The maximum absolute atomic E-state index is 13.8. The number of pyridine rings is 1. The van der Waals surface area contributed by atoms with Crippen molar-refractivity contribution in [3.05, 3.63) is 48.3 Å². The number of likely N-dealkylation sites (tertiary alicyclic amines) is 1. The van der Waals surface area contributed by atoms with Crippen LogP contribution >= 0.6 is 0 Å². The minimum Gasteiger partial charge on any atom is -0.483 e. The fourth-order valence-electron chi connectivity index (χ4n) is 4.08. The van der Waals surface area contributed by atoms with E-state index in [1.54, 1.807) is 17.4 Å². The zero-order valence-electron chi connectivity index (χ0n) is 14.9. The first kappa shape index (κ1) is 19.9. The van der Waals surface area contributed by atoms with Gasteiger partial charge in [0.1, 0.15) is 5.82 Å². The Morgan fingerprint density at radius 2 is 1.93 bits per heavy atom. The largest absolute Gasteiger partial charge is 0.483 e. The van der Waals surface area contributed by atoms with Crippen molar-refractivity contribution < 1.29 is 28.6 Å². The van der Waals surface area contributed by atoms with Gasteiger partial charge in [-0.05, 0) is 24.7 Å². The number of nitrogens with zero attached hydrogens (tertiary/aromatic N) is 4. The van der Waals surface area contributed by atoms with E-state index in [1.807, 2.05) is 10.8 Å². The second-order valence-electron chi connectivity index (χ2n) is 6.94. The highest BCUT2D eigenvalue weighted by molar-refractivity contribution is 5.92. The zero-order valence-corrected chi connectivity index (χ0v) is 14.9. The summed E-state index contributed by atoms with van der Waals surface area (Å²) in [4.78, 5) is 30.1. The van der Waals surface area contributed by atoms with Crippen LogP contribution in [0.3, 0.4) is 0 Å². The number of carboxylic acid groups (broad SMARTS) is 1. The number of fused-ring (bicyclic) bond motifs is 1. The third-order valence-electron chi connectivity index (χ3n) is 5.31. The van der Waals surface area contributed by atoms with E-state index in [9.17, 15) is 18.7 Å². The number of hydrogen-bond acceptors (Lipinski definition) is 5. The summed E-state index contributed by atoms with van der Waals surface area (Å²) in [5, 5.41) is 17.3. The van der Waals surface area contributed by atoms with Crippen LogP contribution in [-0.2, 0) is 4.79 Å². The Morgan fingerprint density at radius 1 is 1.25 bits per heavy atom. The first-order chi connectivity index (χ1) is 13.4. The molecule has 1 aliphatic carbocycles. The molecule has 150 valence electrons. The average Bonchev–Trinajstić information content (AvgIpc) is 3.30. The van der Waals surface area contributed by atoms with Crippen molar-refractivity contribution in [2.45, 2.75) is 25.0 Å².